The van der Waals surface area contributed by atoms with E-state index in [9.17, 15) is 40.5 Å². The van der Waals surface area contributed by atoms with Gasteiger partial charge in [0.2, 0.25) is 17.5 Å². The Kier molecular flexibility index (Phi) is 6.25. The van der Waals surface area contributed by atoms with Crippen LogP contribution in [0.15, 0.2) is 39.5 Å². The van der Waals surface area contributed by atoms with Crippen LogP contribution >= 0.6 is 0 Å². The third-order valence-corrected chi connectivity index (χ3v) is 5.44. The normalized spacial score (nSPS) is 24.8. The van der Waals surface area contributed by atoms with E-state index < -0.39 is 60.0 Å². The Morgan fingerprint density at radius 3 is 2.35 bits per heavy atom. The molecule has 0 radical (unpaired) electrons. The molecular weight excluding hydrogens is 456 g/mol. The Balaban J connectivity index is 1.93. The van der Waals surface area contributed by atoms with Crippen molar-refractivity contribution in [3.63, 3.8) is 0 Å². The van der Waals surface area contributed by atoms with E-state index in [1.54, 1.807) is 0 Å². The lowest BCUT2D eigenvalue weighted by Crippen LogP contribution is -2.60. The molecule has 1 aliphatic heterocycles. The van der Waals surface area contributed by atoms with E-state index >= 15 is 0 Å². The molecular formula is C22H22O12. The fraction of sp³-hybridized carbons (Fsp3) is 0.318. The molecule has 1 aliphatic rings. The van der Waals surface area contributed by atoms with E-state index in [4.69, 9.17) is 18.6 Å². The molecule has 0 unspecified atom stereocenters. The summed E-state index contributed by atoms with van der Waals surface area (Å²) >= 11 is 0. The van der Waals surface area contributed by atoms with Crippen molar-refractivity contribution < 1.29 is 54.4 Å². The van der Waals surface area contributed by atoms with Crippen molar-refractivity contribution in [1.82, 2.24) is 0 Å². The largest absolute Gasteiger partial charge is 0.508 e. The minimum atomic E-state index is -1.82. The van der Waals surface area contributed by atoms with Gasteiger partial charge in [-0.1, -0.05) is 0 Å². The number of aliphatic hydroxyl groups excluding tert-OH is 4. The summed E-state index contributed by atoms with van der Waals surface area (Å²) in [5.74, 6) is -2.12. The van der Waals surface area contributed by atoms with Gasteiger partial charge in [-0.3, -0.25) is 4.79 Å². The molecule has 34 heavy (non-hydrogen) atoms. The van der Waals surface area contributed by atoms with Crippen LogP contribution in [0, 0.1) is 0 Å². The average Bonchev–Trinajstić information content (AvgIpc) is 2.81. The second-order valence-electron chi connectivity index (χ2n) is 7.63. The lowest BCUT2D eigenvalue weighted by molar-refractivity contribution is -0.277. The molecule has 0 aliphatic carbocycles. The Labute approximate surface area is 191 Å². The molecule has 1 aromatic heterocycles. The molecule has 12 heteroatoms. The Morgan fingerprint density at radius 1 is 0.971 bits per heavy atom. The van der Waals surface area contributed by atoms with Gasteiger partial charge in [-0.25, -0.2) is 0 Å². The Bertz CT molecular complexity index is 1270. The van der Waals surface area contributed by atoms with E-state index in [1.807, 2.05) is 0 Å². The summed E-state index contributed by atoms with van der Waals surface area (Å²) in [6, 6.07) is 5.85. The number of hydrogen-bond acceptors (Lipinski definition) is 12. The van der Waals surface area contributed by atoms with Crippen LogP contribution in [0.5, 0.6) is 28.7 Å². The van der Waals surface area contributed by atoms with E-state index in [2.05, 4.69) is 0 Å². The predicted octanol–water partition coefficient (Wildman–Crippen LogP) is -0.236. The molecule has 0 spiro atoms. The number of aromatic hydroxyl groups is 3. The second-order valence-corrected chi connectivity index (χ2v) is 7.63. The van der Waals surface area contributed by atoms with Gasteiger partial charge in [-0.2, -0.15) is 0 Å². The number of hydrogen-bond donors (Lipinski definition) is 7. The summed E-state index contributed by atoms with van der Waals surface area (Å²) in [6.45, 7) is -0.719. The SMILES string of the molecule is COc1cc(O)cc2oc(-c3ccc(O)c(O)c3)c(O[C@@H]3O[C@H](CO)[C@H](O)[C@H](O)[C@H]3O)c(=O)c12. The average molecular weight is 478 g/mol. The van der Waals surface area contributed by atoms with Gasteiger partial charge in [0.25, 0.3) is 0 Å². The summed E-state index contributed by atoms with van der Waals surface area (Å²) in [4.78, 5) is 13.5. The maximum Gasteiger partial charge on any atom is 0.239 e. The van der Waals surface area contributed by atoms with Crippen LogP contribution in [0.2, 0.25) is 0 Å². The third kappa shape index (κ3) is 3.97. The predicted molar refractivity (Wildman–Crippen MR) is 114 cm³/mol. The molecule has 4 rings (SSSR count). The van der Waals surface area contributed by atoms with E-state index in [-0.39, 0.29) is 33.8 Å². The summed E-state index contributed by atoms with van der Waals surface area (Å²) in [5.41, 5.74) is -0.862. The molecule has 3 aromatic rings. The highest BCUT2D eigenvalue weighted by atomic mass is 16.7. The van der Waals surface area contributed by atoms with Crippen LogP contribution in [-0.4, -0.2) is 80.2 Å². The minimum absolute atomic E-state index is 0.0532. The fourth-order valence-corrected chi connectivity index (χ4v) is 3.66. The summed E-state index contributed by atoms with van der Waals surface area (Å²) < 4.78 is 21.9. The van der Waals surface area contributed by atoms with Crippen LogP contribution in [0.4, 0.5) is 0 Å². The summed E-state index contributed by atoms with van der Waals surface area (Å²) in [7, 11) is 1.26. The van der Waals surface area contributed by atoms with Crippen LogP contribution in [0.25, 0.3) is 22.3 Å². The highest BCUT2D eigenvalue weighted by Gasteiger charge is 2.45. The highest BCUT2D eigenvalue weighted by molar-refractivity contribution is 5.88. The zero-order valence-electron chi connectivity index (χ0n) is 17.7. The van der Waals surface area contributed by atoms with Gasteiger partial charge >= 0.3 is 0 Å². The lowest BCUT2D eigenvalue weighted by Gasteiger charge is -2.39. The number of fused-ring (bicyclic) bond motifs is 1. The zero-order valence-corrected chi connectivity index (χ0v) is 17.7. The third-order valence-electron chi connectivity index (χ3n) is 5.44. The van der Waals surface area contributed by atoms with Gasteiger partial charge in [-0.15, -0.1) is 0 Å². The Morgan fingerprint density at radius 2 is 1.71 bits per heavy atom. The van der Waals surface area contributed by atoms with Crippen molar-refractivity contribution in [3.05, 3.63) is 40.6 Å². The van der Waals surface area contributed by atoms with Crippen molar-refractivity contribution in [2.24, 2.45) is 0 Å². The van der Waals surface area contributed by atoms with E-state index in [0.29, 0.717) is 0 Å². The number of benzene rings is 2. The summed E-state index contributed by atoms with van der Waals surface area (Å²) in [6.07, 6.45) is -8.26. The molecule has 7 N–H and O–H groups in total. The van der Waals surface area contributed by atoms with Crippen molar-refractivity contribution in [2.45, 2.75) is 30.7 Å². The maximum absolute atomic E-state index is 13.5. The van der Waals surface area contributed by atoms with E-state index in [1.165, 1.54) is 19.2 Å². The van der Waals surface area contributed by atoms with Crippen molar-refractivity contribution in [2.75, 3.05) is 13.7 Å². The monoisotopic (exact) mass is 478 g/mol. The van der Waals surface area contributed by atoms with Crippen molar-refractivity contribution in [3.8, 4) is 40.1 Å². The summed E-state index contributed by atoms with van der Waals surface area (Å²) in [5, 5.41) is 69.3. The number of ether oxygens (including phenoxy) is 3. The molecule has 2 heterocycles. The van der Waals surface area contributed by atoms with Gasteiger partial charge in [-0.05, 0) is 18.2 Å². The quantitative estimate of drug-likeness (QED) is 0.238. The first-order valence-electron chi connectivity index (χ1n) is 10.0. The molecule has 2 aromatic carbocycles. The number of phenols is 3. The first-order chi connectivity index (χ1) is 16.2. The molecule has 0 bridgehead atoms. The van der Waals surface area contributed by atoms with Crippen LogP contribution in [0.3, 0.4) is 0 Å². The van der Waals surface area contributed by atoms with Gasteiger partial charge in [0, 0.05) is 17.7 Å². The van der Waals surface area contributed by atoms with Crippen molar-refractivity contribution in [1.29, 1.82) is 0 Å². The van der Waals surface area contributed by atoms with Gasteiger partial charge in [0.15, 0.2) is 17.3 Å². The smallest absolute Gasteiger partial charge is 0.239 e. The number of aliphatic hydroxyl groups is 4. The van der Waals surface area contributed by atoms with Crippen LogP contribution in [-0.2, 0) is 4.74 Å². The standard InChI is InChI=1S/C22H22O12/c1-31-12-5-9(24)6-13-15(12)17(28)21(20(32-13)8-2-3-10(25)11(26)4-8)34-22-19(30)18(29)16(27)14(7-23)33-22/h2-6,14,16,18-19,22-27,29-30H,7H2,1H3/t14-,16+,18+,19-,22+/m1/s1. The topological polar surface area (TPSA) is 200 Å². The molecule has 0 amide bonds. The van der Waals surface area contributed by atoms with Crippen molar-refractivity contribution >= 4 is 11.0 Å². The number of methoxy groups -OCH3 is 1. The first-order valence-corrected chi connectivity index (χ1v) is 10.0. The van der Waals surface area contributed by atoms with E-state index in [0.717, 1.165) is 18.2 Å². The molecule has 0 saturated carbocycles. The fourth-order valence-electron chi connectivity index (χ4n) is 3.66. The molecule has 5 atom stereocenters. The van der Waals surface area contributed by atoms with Gasteiger partial charge < -0.3 is 54.4 Å². The number of phenolic OH excluding ortho intramolecular Hbond substituents is 3. The second kappa shape index (κ2) is 9.00. The first kappa shape index (κ1) is 23.6. The minimum Gasteiger partial charge on any atom is -0.508 e. The van der Waals surface area contributed by atoms with Crippen LogP contribution in [0.1, 0.15) is 0 Å². The Hall–Kier alpha value is -3.55. The van der Waals surface area contributed by atoms with Gasteiger partial charge in [0.1, 0.15) is 46.9 Å². The van der Waals surface area contributed by atoms with Crippen LogP contribution < -0.4 is 14.9 Å². The zero-order chi connectivity index (χ0) is 24.7. The number of rotatable bonds is 5. The maximum atomic E-state index is 13.5. The van der Waals surface area contributed by atoms with Gasteiger partial charge in [0.05, 0.1) is 13.7 Å². The molecule has 12 nitrogen and oxygen atoms in total. The highest BCUT2D eigenvalue weighted by Crippen LogP contribution is 2.39. The molecule has 1 fully saturated rings. The lowest BCUT2D eigenvalue weighted by atomic mass is 9.99. The molecule has 1 saturated heterocycles. The molecule has 182 valence electrons.